The highest BCUT2D eigenvalue weighted by Crippen LogP contribution is 2.37. The van der Waals surface area contributed by atoms with Crippen molar-refractivity contribution >= 4 is 27.3 Å². The molecule has 0 saturated heterocycles. The third kappa shape index (κ3) is 2.49. The molecule has 6 heteroatoms. The Morgan fingerprint density at radius 1 is 1.37 bits per heavy atom. The van der Waals surface area contributed by atoms with E-state index in [4.69, 9.17) is 10.3 Å². The fourth-order valence-corrected chi connectivity index (χ4v) is 3.95. The van der Waals surface area contributed by atoms with Gasteiger partial charge >= 0.3 is 0 Å². The van der Waals surface area contributed by atoms with Gasteiger partial charge in [0, 0.05) is 0 Å². The maximum Gasteiger partial charge on any atom is 0.268 e. The number of rotatable bonds is 2. The highest BCUT2D eigenvalue weighted by atomic mass is 79.9. The van der Waals surface area contributed by atoms with Gasteiger partial charge in [0.1, 0.15) is 0 Å². The predicted octanol–water partition coefficient (Wildman–Crippen LogP) is 3.99. The van der Waals surface area contributed by atoms with Gasteiger partial charge in [0.15, 0.2) is 5.82 Å². The normalized spacial score (nSPS) is 18.7. The average molecular weight is 342 g/mol. The number of hydrogen-bond acceptors (Lipinski definition) is 5. The van der Waals surface area contributed by atoms with Crippen LogP contribution >= 0.6 is 27.3 Å². The molecule has 0 amide bonds. The van der Waals surface area contributed by atoms with Crippen molar-refractivity contribution in [1.29, 1.82) is 0 Å². The van der Waals surface area contributed by atoms with Crippen LogP contribution in [-0.2, 0) is 5.54 Å². The lowest BCUT2D eigenvalue weighted by Crippen LogP contribution is -2.39. The smallest absolute Gasteiger partial charge is 0.268 e. The molecule has 1 aliphatic carbocycles. The predicted molar refractivity (Wildman–Crippen MR) is 79.0 cm³/mol. The number of aromatic nitrogens is 2. The van der Waals surface area contributed by atoms with Crippen LogP contribution < -0.4 is 5.73 Å². The maximum atomic E-state index is 6.42. The van der Waals surface area contributed by atoms with Crippen LogP contribution in [0, 0.1) is 6.92 Å². The second kappa shape index (κ2) is 5.00. The molecule has 2 N–H and O–H groups in total. The van der Waals surface area contributed by atoms with Crippen LogP contribution in [-0.4, -0.2) is 10.1 Å². The molecule has 2 heterocycles. The number of halogens is 1. The summed E-state index contributed by atoms with van der Waals surface area (Å²) >= 11 is 5.12. The highest BCUT2D eigenvalue weighted by Gasteiger charge is 2.34. The van der Waals surface area contributed by atoms with Crippen molar-refractivity contribution in [2.45, 2.75) is 44.6 Å². The second-order valence-electron chi connectivity index (χ2n) is 5.21. The zero-order valence-corrected chi connectivity index (χ0v) is 13.2. The van der Waals surface area contributed by atoms with Gasteiger partial charge in [-0.2, -0.15) is 4.98 Å². The quantitative estimate of drug-likeness (QED) is 0.896. The first-order valence-electron chi connectivity index (χ1n) is 6.48. The summed E-state index contributed by atoms with van der Waals surface area (Å²) in [5.74, 6) is 1.23. The first-order chi connectivity index (χ1) is 9.08. The molecule has 0 aliphatic heterocycles. The summed E-state index contributed by atoms with van der Waals surface area (Å²) in [5, 5.41) is 4.11. The number of nitrogens with zero attached hydrogens (tertiary/aromatic N) is 2. The SMILES string of the molecule is Cc1cc(-c2nc(C3(N)CCCCC3)no2)sc1Br. The van der Waals surface area contributed by atoms with Crippen molar-refractivity contribution in [3.8, 4) is 10.8 Å². The summed E-state index contributed by atoms with van der Waals surface area (Å²) in [6.45, 7) is 2.05. The van der Waals surface area contributed by atoms with E-state index >= 15 is 0 Å². The summed E-state index contributed by atoms with van der Waals surface area (Å²) in [6, 6.07) is 2.05. The Balaban J connectivity index is 1.90. The lowest BCUT2D eigenvalue weighted by molar-refractivity contribution is 0.275. The van der Waals surface area contributed by atoms with Gasteiger partial charge in [-0.15, -0.1) is 11.3 Å². The van der Waals surface area contributed by atoms with Crippen LogP contribution in [0.3, 0.4) is 0 Å². The van der Waals surface area contributed by atoms with Crippen LogP contribution in [0.25, 0.3) is 10.8 Å². The fourth-order valence-electron chi connectivity index (χ4n) is 2.50. The average Bonchev–Trinajstić information content (AvgIpc) is 2.99. The third-order valence-corrected chi connectivity index (χ3v) is 5.81. The van der Waals surface area contributed by atoms with Gasteiger partial charge in [-0.3, -0.25) is 0 Å². The van der Waals surface area contributed by atoms with E-state index in [1.807, 2.05) is 6.92 Å². The van der Waals surface area contributed by atoms with E-state index in [-0.39, 0.29) is 0 Å². The van der Waals surface area contributed by atoms with Crippen molar-refractivity contribution in [3.63, 3.8) is 0 Å². The molecular formula is C13H16BrN3OS. The third-order valence-electron chi connectivity index (χ3n) is 3.69. The first kappa shape index (κ1) is 13.3. The summed E-state index contributed by atoms with van der Waals surface area (Å²) < 4.78 is 6.49. The van der Waals surface area contributed by atoms with Crippen LogP contribution in [0.15, 0.2) is 14.4 Å². The van der Waals surface area contributed by atoms with Gasteiger partial charge < -0.3 is 10.3 Å². The minimum absolute atomic E-state index is 0.399. The van der Waals surface area contributed by atoms with Gasteiger partial charge in [-0.1, -0.05) is 24.4 Å². The molecule has 0 spiro atoms. The van der Waals surface area contributed by atoms with Gasteiger partial charge in [0.2, 0.25) is 0 Å². The maximum absolute atomic E-state index is 6.42. The molecule has 1 fully saturated rings. The molecular weight excluding hydrogens is 326 g/mol. The Morgan fingerprint density at radius 3 is 2.74 bits per heavy atom. The summed E-state index contributed by atoms with van der Waals surface area (Å²) in [4.78, 5) is 5.51. The van der Waals surface area contributed by atoms with Crippen molar-refractivity contribution in [2.75, 3.05) is 0 Å². The molecule has 0 radical (unpaired) electrons. The van der Waals surface area contributed by atoms with Crippen LogP contribution in [0.2, 0.25) is 0 Å². The lowest BCUT2D eigenvalue weighted by Gasteiger charge is -2.29. The van der Waals surface area contributed by atoms with Crippen LogP contribution in [0.1, 0.15) is 43.5 Å². The van der Waals surface area contributed by atoms with Gasteiger partial charge in [0.25, 0.3) is 5.89 Å². The molecule has 19 heavy (non-hydrogen) atoms. The largest absolute Gasteiger partial charge is 0.333 e. The molecule has 3 rings (SSSR count). The van der Waals surface area contributed by atoms with E-state index < -0.39 is 5.54 Å². The molecule has 102 valence electrons. The van der Waals surface area contributed by atoms with Crippen LogP contribution in [0.4, 0.5) is 0 Å². The van der Waals surface area contributed by atoms with Crippen molar-refractivity contribution < 1.29 is 4.52 Å². The number of aryl methyl sites for hydroxylation is 1. The molecule has 0 bridgehead atoms. The minimum atomic E-state index is -0.399. The summed E-state index contributed by atoms with van der Waals surface area (Å²) in [7, 11) is 0. The number of hydrogen-bond donors (Lipinski definition) is 1. The van der Waals surface area contributed by atoms with Crippen molar-refractivity contribution in [3.05, 3.63) is 21.2 Å². The monoisotopic (exact) mass is 341 g/mol. The Labute approximate surface area is 124 Å². The van der Waals surface area contributed by atoms with E-state index in [9.17, 15) is 0 Å². The minimum Gasteiger partial charge on any atom is -0.333 e. The molecule has 0 aromatic carbocycles. The zero-order valence-electron chi connectivity index (χ0n) is 10.8. The molecule has 2 aromatic heterocycles. The molecule has 1 saturated carbocycles. The number of nitrogens with two attached hydrogens (primary N) is 1. The van der Waals surface area contributed by atoms with Crippen molar-refractivity contribution in [1.82, 2.24) is 10.1 Å². The van der Waals surface area contributed by atoms with Gasteiger partial charge in [-0.05, 0) is 47.3 Å². The fraction of sp³-hybridized carbons (Fsp3) is 0.538. The van der Waals surface area contributed by atoms with Gasteiger partial charge in [0.05, 0.1) is 14.2 Å². The highest BCUT2D eigenvalue weighted by molar-refractivity contribution is 9.11. The molecule has 4 nitrogen and oxygen atoms in total. The Hall–Kier alpha value is -0.720. The van der Waals surface area contributed by atoms with Crippen LogP contribution in [0.5, 0.6) is 0 Å². The van der Waals surface area contributed by atoms with E-state index in [2.05, 4.69) is 32.1 Å². The Bertz CT molecular complexity index is 567. The summed E-state index contributed by atoms with van der Waals surface area (Å²) in [5.41, 5.74) is 7.20. The zero-order chi connectivity index (χ0) is 13.5. The molecule has 0 unspecified atom stereocenters. The summed E-state index contributed by atoms with van der Waals surface area (Å²) in [6.07, 6.45) is 5.42. The Morgan fingerprint density at radius 2 is 2.11 bits per heavy atom. The first-order valence-corrected chi connectivity index (χ1v) is 8.09. The Kier molecular flexibility index (Phi) is 3.49. The topological polar surface area (TPSA) is 64.9 Å². The van der Waals surface area contributed by atoms with E-state index in [0.29, 0.717) is 11.7 Å². The second-order valence-corrected chi connectivity index (χ2v) is 7.58. The standard InChI is InChI=1S/C13H16BrN3OS/c1-8-7-9(19-10(8)14)11-16-12(17-18-11)13(15)5-3-2-4-6-13/h7H,2-6,15H2,1H3. The molecule has 2 aromatic rings. The van der Waals surface area contributed by atoms with E-state index in [0.717, 1.165) is 34.3 Å². The van der Waals surface area contributed by atoms with Crippen molar-refractivity contribution in [2.24, 2.45) is 5.73 Å². The lowest BCUT2D eigenvalue weighted by atomic mass is 9.82. The molecule has 1 aliphatic rings. The van der Waals surface area contributed by atoms with E-state index in [1.54, 1.807) is 11.3 Å². The number of thiophene rings is 1. The van der Waals surface area contributed by atoms with E-state index in [1.165, 1.54) is 12.0 Å². The van der Waals surface area contributed by atoms with Gasteiger partial charge in [-0.25, -0.2) is 0 Å². The molecule has 0 atom stereocenters.